The zero-order valence-corrected chi connectivity index (χ0v) is 15.5. The van der Waals surface area contributed by atoms with E-state index in [4.69, 9.17) is 0 Å². The summed E-state index contributed by atoms with van der Waals surface area (Å²) in [6.45, 7) is 1.71. The van der Waals surface area contributed by atoms with Gasteiger partial charge in [-0.05, 0) is 49.4 Å². The van der Waals surface area contributed by atoms with Crippen LogP contribution in [0.4, 0.5) is 21.6 Å². The first kappa shape index (κ1) is 18.4. The molecule has 0 spiro atoms. The Morgan fingerprint density at radius 2 is 1.72 bits per heavy atom. The number of hydrogen-bond donors (Lipinski definition) is 2. The van der Waals surface area contributed by atoms with Gasteiger partial charge in [-0.3, -0.25) is 4.79 Å². The number of nitrogens with zero attached hydrogens (tertiary/aromatic N) is 4. The Morgan fingerprint density at radius 3 is 2.45 bits per heavy atom. The summed E-state index contributed by atoms with van der Waals surface area (Å²) in [5, 5.41) is 9.85. The van der Waals surface area contributed by atoms with Gasteiger partial charge in [0.1, 0.15) is 18.2 Å². The van der Waals surface area contributed by atoms with Crippen molar-refractivity contribution in [1.82, 2.24) is 19.2 Å². The Morgan fingerprint density at radius 1 is 1.03 bits per heavy atom. The highest BCUT2D eigenvalue weighted by atomic mass is 19.1. The highest BCUT2D eigenvalue weighted by molar-refractivity contribution is 5.90. The van der Waals surface area contributed by atoms with Gasteiger partial charge in [-0.2, -0.15) is 4.98 Å². The summed E-state index contributed by atoms with van der Waals surface area (Å²) in [7, 11) is 0. The molecule has 2 aromatic heterocycles. The Labute approximate surface area is 164 Å². The van der Waals surface area contributed by atoms with Crippen molar-refractivity contribution >= 4 is 28.9 Å². The van der Waals surface area contributed by atoms with Gasteiger partial charge in [0.2, 0.25) is 5.91 Å². The highest BCUT2D eigenvalue weighted by Crippen LogP contribution is 2.15. The third-order valence-electron chi connectivity index (χ3n) is 4.20. The minimum absolute atomic E-state index is 0.168. The highest BCUT2D eigenvalue weighted by Gasteiger charge is 2.12. The number of rotatable bonds is 5. The van der Waals surface area contributed by atoms with Gasteiger partial charge in [0.05, 0.1) is 0 Å². The molecule has 1 amide bonds. The SMILES string of the molecule is Cc1ccc(Nc2ccn3c(=O)n(CC(=O)Nc4ccc(F)cc4)nc3n2)cc1. The minimum Gasteiger partial charge on any atom is -0.340 e. The predicted molar refractivity (Wildman–Crippen MR) is 107 cm³/mol. The number of hydrogen-bond acceptors (Lipinski definition) is 5. The fourth-order valence-corrected chi connectivity index (χ4v) is 2.73. The van der Waals surface area contributed by atoms with Gasteiger partial charge in [0, 0.05) is 17.6 Å². The van der Waals surface area contributed by atoms with Crippen molar-refractivity contribution < 1.29 is 9.18 Å². The van der Waals surface area contributed by atoms with E-state index in [0.29, 0.717) is 11.5 Å². The quantitative estimate of drug-likeness (QED) is 0.545. The molecular weight excluding hydrogens is 375 g/mol. The van der Waals surface area contributed by atoms with Crippen LogP contribution in [-0.2, 0) is 11.3 Å². The van der Waals surface area contributed by atoms with Crippen LogP contribution in [0.5, 0.6) is 0 Å². The fraction of sp³-hybridized carbons (Fsp3) is 0.100. The van der Waals surface area contributed by atoms with E-state index in [1.807, 2.05) is 31.2 Å². The smallest absolute Gasteiger partial charge is 0.340 e. The molecule has 0 fully saturated rings. The van der Waals surface area contributed by atoms with Gasteiger partial charge in [-0.1, -0.05) is 17.7 Å². The van der Waals surface area contributed by atoms with Crippen LogP contribution >= 0.6 is 0 Å². The number of aromatic nitrogens is 4. The fourth-order valence-electron chi connectivity index (χ4n) is 2.73. The Balaban J connectivity index is 1.52. The van der Waals surface area contributed by atoms with Crippen molar-refractivity contribution in [3.05, 3.63) is 82.7 Å². The zero-order valence-electron chi connectivity index (χ0n) is 15.5. The molecule has 4 aromatic rings. The summed E-state index contributed by atoms with van der Waals surface area (Å²) in [6, 6.07) is 14.8. The molecule has 9 heteroatoms. The molecule has 2 aromatic carbocycles. The summed E-state index contributed by atoms with van der Waals surface area (Å²) in [6.07, 6.45) is 1.54. The molecular formula is C20H17FN6O2. The molecule has 0 aliphatic heterocycles. The van der Waals surface area contributed by atoms with Gasteiger partial charge in [-0.25, -0.2) is 18.3 Å². The van der Waals surface area contributed by atoms with E-state index in [-0.39, 0.29) is 12.3 Å². The largest absolute Gasteiger partial charge is 0.352 e. The molecule has 29 heavy (non-hydrogen) atoms. The Bertz CT molecular complexity index is 1230. The van der Waals surface area contributed by atoms with E-state index in [1.54, 1.807) is 12.3 Å². The number of amides is 1. The monoisotopic (exact) mass is 392 g/mol. The van der Waals surface area contributed by atoms with Gasteiger partial charge in [0.15, 0.2) is 0 Å². The molecule has 0 aliphatic rings. The van der Waals surface area contributed by atoms with Crippen molar-refractivity contribution in [2.45, 2.75) is 13.5 Å². The summed E-state index contributed by atoms with van der Waals surface area (Å²) in [5.41, 5.74) is 1.94. The minimum atomic E-state index is -0.483. The van der Waals surface area contributed by atoms with Crippen molar-refractivity contribution in [2.24, 2.45) is 0 Å². The molecule has 4 rings (SSSR count). The van der Waals surface area contributed by atoms with Crippen LogP contribution in [-0.4, -0.2) is 25.1 Å². The molecule has 0 atom stereocenters. The van der Waals surface area contributed by atoms with Gasteiger partial charge >= 0.3 is 5.69 Å². The third kappa shape index (κ3) is 4.13. The molecule has 146 valence electrons. The molecule has 0 saturated heterocycles. The van der Waals surface area contributed by atoms with Crippen molar-refractivity contribution in [3.8, 4) is 0 Å². The lowest BCUT2D eigenvalue weighted by Crippen LogP contribution is -2.28. The number of carbonyl (C=O) groups excluding carboxylic acids is 1. The van der Waals surface area contributed by atoms with Gasteiger partial charge in [-0.15, -0.1) is 5.10 Å². The van der Waals surface area contributed by atoms with Crippen LogP contribution in [0.15, 0.2) is 65.6 Å². The van der Waals surface area contributed by atoms with Crippen molar-refractivity contribution in [2.75, 3.05) is 10.6 Å². The van der Waals surface area contributed by atoms with Crippen LogP contribution in [0.3, 0.4) is 0 Å². The first-order valence-corrected chi connectivity index (χ1v) is 8.83. The number of anilines is 3. The molecule has 0 radical (unpaired) electrons. The third-order valence-corrected chi connectivity index (χ3v) is 4.20. The predicted octanol–water partition coefficient (Wildman–Crippen LogP) is 2.72. The van der Waals surface area contributed by atoms with Crippen LogP contribution in [0, 0.1) is 12.7 Å². The van der Waals surface area contributed by atoms with Crippen LogP contribution in [0.2, 0.25) is 0 Å². The number of halogens is 1. The maximum Gasteiger partial charge on any atom is 0.352 e. The molecule has 0 saturated carbocycles. The van der Waals surface area contributed by atoms with Crippen molar-refractivity contribution in [3.63, 3.8) is 0 Å². The first-order valence-electron chi connectivity index (χ1n) is 8.83. The number of carbonyl (C=O) groups is 1. The molecule has 2 heterocycles. The average Bonchev–Trinajstić information content (AvgIpc) is 3.00. The van der Waals surface area contributed by atoms with Gasteiger partial charge < -0.3 is 10.6 Å². The molecule has 0 bridgehead atoms. The topological polar surface area (TPSA) is 93.3 Å². The van der Waals surface area contributed by atoms with E-state index in [0.717, 1.165) is 15.9 Å². The maximum atomic E-state index is 12.9. The molecule has 0 aliphatic carbocycles. The second-order valence-electron chi connectivity index (χ2n) is 6.47. The first-order chi connectivity index (χ1) is 14.0. The summed E-state index contributed by atoms with van der Waals surface area (Å²) in [5.74, 6) is -0.170. The van der Waals surface area contributed by atoms with Crippen molar-refractivity contribution in [1.29, 1.82) is 0 Å². The second-order valence-corrected chi connectivity index (χ2v) is 6.47. The zero-order chi connectivity index (χ0) is 20.4. The van der Waals surface area contributed by atoms with E-state index in [2.05, 4.69) is 20.7 Å². The molecule has 8 nitrogen and oxygen atoms in total. The van der Waals surface area contributed by atoms with E-state index in [9.17, 15) is 14.0 Å². The maximum absolute atomic E-state index is 12.9. The van der Waals surface area contributed by atoms with Crippen LogP contribution in [0.25, 0.3) is 5.78 Å². The summed E-state index contributed by atoms with van der Waals surface area (Å²) in [4.78, 5) is 28.9. The number of fused-ring (bicyclic) bond motifs is 1. The lowest BCUT2D eigenvalue weighted by molar-refractivity contribution is -0.117. The number of aryl methyl sites for hydroxylation is 1. The van der Waals surface area contributed by atoms with E-state index in [1.165, 1.54) is 28.7 Å². The summed E-state index contributed by atoms with van der Waals surface area (Å²) >= 11 is 0. The van der Waals surface area contributed by atoms with E-state index < -0.39 is 17.4 Å². The van der Waals surface area contributed by atoms with E-state index >= 15 is 0 Å². The average molecular weight is 392 g/mol. The lowest BCUT2D eigenvalue weighted by Gasteiger charge is -2.05. The van der Waals surface area contributed by atoms with Gasteiger partial charge in [0.25, 0.3) is 5.78 Å². The van der Waals surface area contributed by atoms with Crippen LogP contribution < -0.4 is 16.3 Å². The summed E-state index contributed by atoms with van der Waals surface area (Å²) < 4.78 is 15.2. The number of nitrogens with one attached hydrogen (secondary N) is 2. The second kappa shape index (κ2) is 7.55. The molecule has 0 unspecified atom stereocenters. The Hall–Kier alpha value is -4.01. The Kier molecular flexibility index (Phi) is 4.78. The lowest BCUT2D eigenvalue weighted by atomic mass is 10.2. The normalized spacial score (nSPS) is 10.8. The standard InChI is InChI=1S/C20H17FN6O2/c1-13-2-6-15(7-3-13)22-17-10-11-26-19(24-17)25-27(20(26)29)12-18(28)23-16-8-4-14(21)5-9-16/h2-11H,12H2,1H3,(H,23,28)(H,22,24,25). The molecule has 2 N–H and O–H groups in total. The van der Waals surface area contributed by atoms with Crippen LogP contribution in [0.1, 0.15) is 5.56 Å². The number of benzene rings is 2.